The predicted molar refractivity (Wildman–Crippen MR) is 72.0 cm³/mol. The third-order valence-corrected chi connectivity index (χ3v) is 3.29. The lowest BCUT2D eigenvalue weighted by molar-refractivity contribution is -0.176. The van der Waals surface area contributed by atoms with Gasteiger partial charge in [-0.2, -0.15) is 0 Å². The minimum Gasteiger partial charge on any atom is -0.458 e. The molecule has 0 bridgehead atoms. The fourth-order valence-electron chi connectivity index (χ4n) is 2.68. The number of fused-ring (bicyclic) bond motifs is 1. The summed E-state index contributed by atoms with van der Waals surface area (Å²) in [5, 5.41) is 0. The van der Waals surface area contributed by atoms with Crippen molar-refractivity contribution in [3.8, 4) is 0 Å². The van der Waals surface area contributed by atoms with Gasteiger partial charge >= 0.3 is 5.97 Å². The fourth-order valence-corrected chi connectivity index (χ4v) is 2.68. The summed E-state index contributed by atoms with van der Waals surface area (Å²) < 4.78 is 22.4. The lowest BCUT2D eigenvalue weighted by Crippen LogP contribution is -2.35. The third-order valence-electron chi connectivity index (χ3n) is 3.29. The highest BCUT2D eigenvalue weighted by molar-refractivity contribution is 5.71. The maximum atomic E-state index is 11.7. The second kappa shape index (κ2) is 5.26. The molecule has 0 unspecified atom stereocenters. The van der Waals surface area contributed by atoms with Crippen molar-refractivity contribution in [2.45, 2.75) is 76.8 Å². The normalized spacial score (nSPS) is 35.9. The molecule has 2 fully saturated rings. The second-order valence-electron chi connectivity index (χ2n) is 6.90. The molecule has 0 aromatic rings. The molecule has 116 valence electrons. The van der Waals surface area contributed by atoms with E-state index in [-0.39, 0.29) is 36.9 Å². The van der Waals surface area contributed by atoms with Gasteiger partial charge in [-0.25, -0.2) is 4.79 Å². The van der Waals surface area contributed by atoms with Gasteiger partial charge in [-0.3, -0.25) is 0 Å². The van der Waals surface area contributed by atoms with Crippen LogP contribution >= 0.6 is 0 Å². The largest absolute Gasteiger partial charge is 0.458 e. The van der Waals surface area contributed by atoms with Gasteiger partial charge in [0.2, 0.25) is 0 Å². The second-order valence-corrected chi connectivity index (χ2v) is 6.90. The van der Waals surface area contributed by atoms with Gasteiger partial charge in [-0.15, -0.1) is 0 Å². The summed E-state index contributed by atoms with van der Waals surface area (Å²) in [6, 6.07) is -0.134. The Morgan fingerprint density at radius 2 is 1.90 bits per heavy atom. The van der Waals surface area contributed by atoms with Crippen molar-refractivity contribution in [3.63, 3.8) is 0 Å². The summed E-state index contributed by atoms with van der Waals surface area (Å²) in [6.45, 7) is 9.07. The molecule has 0 aromatic heterocycles. The number of esters is 1. The summed E-state index contributed by atoms with van der Waals surface area (Å²) in [5.74, 6) is -1.03. The molecular weight excluding hydrogens is 262 g/mol. The van der Waals surface area contributed by atoms with E-state index in [1.54, 1.807) is 0 Å². The van der Waals surface area contributed by atoms with E-state index in [0.717, 1.165) is 0 Å². The van der Waals surface area contributed by atoms with E-state index in [9.17, 15) is 4.79 Å². The van der Waals surface area contributed by atoms with Crippen LogP contribution in [0.3, 0.4) is 0 Å². The van der Waals surface area contributed by atoms with E-state index in [1.165, 1.54) is 0 Å². The summed E-state index contributed by atoms with van der Waals surface area (Å²) in [4.78, 5) is 11.7. The highest BCUT2D eigenvalue weighted by Gasteiger charge is 2.53. The number of carbonyl (C=O) groups excluding carboxylic acids is 1. The Hall–Kier alpha value is -0.690. The summed E-state index contributed by atoms with van der Waals surface area (Å²) >= 11 is 0. The molecule has 2 N–H and O–H groups in total. The number of hydrogen-bond acceptors (Lipinski definition) is 6. The first kappa shape index (κ1) is 15.7. The highest BCUT2D eigenvalue weighted by atomic mass is 16.8. The third kappa shape index (κ3) is 3.69. The molecule has 1 saturated carbocycles. The zero-order valence-electron chi connectivity index (χ0n) is 12.8. The van der Waals surface area contributed by atoms with E-state index in [2.05, 4.69) is 0 Å². The molecular formula is C14H25NO5. The summed E-state index contributed by atoms with van der Waals surface area (Å²) in [6.07, 6.45) is -0.00540. The molecule has 0 aromatic carbocycles. The zero-order chi connectivity index (χ0) is 15.1. The standard InChI is InChI=1S/C14H25NO5/c1-13(2,3)18-10(16)7-17-9-6-8(15)11-12(9)20-14(4,5)19-11/h8-9,11-12H,6-7,15H2,1-5H3/t8-,9+,11+,12-/m1/s1. The van der Waals surface area contributed by atoms with Crippen molar-refractivity contribution in [1.29, 1.82) is 0 Å². The molecule has 0 amide bonds. The minimum atomic E-state index is -0.652. The van der Waals surface area contributed by atoms with Gasteiger partial charge in [0.05, 0.1) is 6.10 Å². The number of carbonyl (C=O) groups is 1. The SMILES string of the molecule is CC(C)(C)OC(=O)CO[C@H]1C[C@@H](N)[C@@H]2OC(C)(C)O[C@@H]21. The van der Waals surface area contributed by atoms with Gasteiger partial charge in [0.1, 0.15) is 24.4 Å². The zero-order valence-corrected chi connectivity index (χ0v) is 12.8. The molecule has 2 rings (SSSR count). The first-order valence-corrected chi connectivity index (χ1v) is 7.02. The summed E-state index contributed by atoms with van der Waals surface area (Å²) in [5.41, 5.74) is 5.53. The molecule has 1 aliphatic carbocycles. The van der Waals surface area contributed by atoms with Crippen LogP contribution in [0.25, 0.3) is 0 Å². The van der Waals surface area contributed by atoms with Crippen LogP contribution in [0, 0.1) is 0 Å². The smallest absolute Gasteiger partial charge is 0.332 e. The van der Waals surface area contributed by atoms with Crippen LogP contribution in [0.15, 0.2) is 0 Å². The van der Waals surface area contributed by atoms with Crippen LogP contribution < -0.4 is 5.73 Å². The summed E-state index contributed by atoms with van der Waals surface area (Å²) in [7, 11) is 0. The fraction of sp³-hybridized carbons (Fsp3) is 0.929. The van der Waals surface area contributed by atoms with Gasteiger partial charge in [-0.1, -0.05) is 0 Å². The highest BCUT2D eigenvalue weighted by Crippen LogP contribution is 2.38. The Labute approximate surface area is 119 Å². The van der Waals surface area contributed by atoms with Crippen LogP contribution in [0.5, 0.6) is 0 Å². The van der Waals surface area contributed by atoms with Crippen molar-refractivity contribution in [2.75, 3.05) is 6.61 Å². The van der Waals surface area contributed by atoms with Crippen LogP contribution in [0.1, 0.15) is 41.0 Å². The molecule has 6 heteroatoms. The molecule has 6 nitrogen and oxygen atoms in total. The Morgan fingerprint density at radius 3 is 2.50 bits per heavy atom. The van der Waals surface area contributed by atoms with E-state index in [0.29, 0.717) is 6.42 Å². The topological polar surface area (TPSA) is 80.0 Å². The van der Waals surface area contributed by atoms with E-state index < -0.39 is 11.4 Å². The molecule has 1 saturated heterocycles. The van der Waals surface area contributed by atoms with Crippen molar-refractivity contribution in [3.05, 3.63) is 0 Å². The molecule has 20 heavy (non-hydrogen) atoms. The van der Waals surface area contributed by atoms with Gasteiger partial charge in [-0.05, 0) is 41.0 Å². The maximum Gasteiger partial charge on any atom is 0.332 e. The number of nitrogens with two attached hydrogens (primary N) is 1. The monoisotopic (exact) mass is 287 g/mol. The van der Waals surface area contributed by atoms with Crippen molar-refractivity contribution in [1.82, 2.24) is 0 Å². The predicted octanol–water partition coefficient (Wildman–Crippen LogP) is 0.964. The number of hydrogen-bond donors (Lipinski definition) is 1. The molecule has 1 heterocycles. The lowest BCUT2D eigenvalue weighted by Gasteiger charge is -2.23. The maximum absolute atomic E-state index is 11.7. The molecule has 1 aliphatic heterocycles. The quantitative estimate of drug-likeness (QED) is 0.779. The van der Waals surface area contributed by atoms with Crippen LogP contribution in [-0.2, 0) is 23.7 Å². The van der Waals surface area contributed by atoms with Crippen molar-refractivity contribution >= 4 is 5.97 Å². The van der Waals surface area contributed by atoms with E-state index in [4.69, 9.17) is 24.7 Å². The average molecular weight is 287 g/mol. The van der Waals surface area contributed by atoms with Gasteiger partial charge in [0.15, 0.2) is 5.79 Å². The first-order valence-electron chi connectivity index (χ1n) is 7.02. The van der Waals surface area contributed by atoms with Gasteiger partial charge < -0.3 is 24.7 Å². The Kier molecular flexibility index (Phi) is 4.12. The van der Waals surface area contributed by atoms with E-state index >= 15 is 0 Å². The minimum absolute atomic E-state index is 0.0956. The van der Waals surface area contributed by atoms with Crippen LogP contribution in [0.4, 0.5) is 0 Å². The molecule has 0 spiro atoms. The van der Waals surface area contributed by atoms with Gasteiger partial charge in [0.25, 0.3) is 0 Å². The van der Waals surface area contributed by atoms with Crippen LogP contribution in [-0.4, -0.2) is 48.3 Å². The van der Waals surface area contributed by atoms with Crippen LogP contribution in [0.2, 0.25) is 0 Å². The molecule has 0 radical (unpaired) electrons. The molecule has 4 atom stereocenters. The van der Waals surface area contributed by atoms with E-state index in [1.807, 2.05) is 34.6 Å². The number of rotatable bonds is 3. The Morgan fingerprint density at radius 1 is 1.30 bits per heavy atom. The Balaban J connectivity index is 1.87. The number of ether oxygens (including phenoxy) is 4. The van der Waals surface area contributed by atoms with Crippen molar-refractivity contribution in [2.24, 2.45) is 5.73 Å². The Bertz CT molecular complexity index is 376. The average Bonchev–Trinajstić information content (AvgIpc) is 2.69. The van der Waals surface area contributed by atoms with Crippen molar-refractivity contribution < 1.29 is 23.7 Å². The van der Waals surface area contributed by atoms with Gasteiger partial charge in [0, 0.05) is 6.04 Å². The molecule has 2 aliphatic rings. The lowest BCUT2D eigenvalue weighted by atomic mass is 10.2. The first-order chi connectivity index (χ1) is 9.07.